The minimum Gasteiger partial charge on any atom is -0.300 e. The Morgan fingerprint density at radius 3 is 0.980 bits per heavy atom. The van der Waals surface area contributed by atoms with Crippen molar-refractivity contribution in [3.63, 3.8) is 0 Å². The lowest BCUT2D eigenvalue weighted by Crippen LogP contribution is -2.30. The standard InChI is InChI=1S/C45H62N4/c1-9-46(10-2)31-35-19-17-21-39(27-35)45(40-22-18-20-36(28-40)32-47(11-3)12-4)43-29-37(33-48(13-5)14-6)23-25-41(43)42-26-24-38(30-44(42)45)34-49(15-7)16-8/h17-30H,9-16,31-34H2,1-8H3. The van der Waals surface area contributed by atoms with Gasteiger partial charge in [0.15, 0.2) is 0 Å². The van der Waals surface area contributed by atoms with Gasteiger partial charge in [-0.05, 0) is 108 Å². The molecule has 0 heterocycles. The van der Waals surface area contributed by atoms with Crippen LogP contribution in [0.4, 0.5) is 0 Å². The van der Waals surface area contributed by atoms with Gasteiger partial charge in [-0.25, -0.2) is 0 Å². The van der Waals surface area contributed by atoms with E-state index in [1.807, 2.05) is 0 Å². The second-order valence-electron chi connectivity index (χ2n) is 13.8. The lowest BCUT2D eigenvalue weighted by Gasteiger charge is -2.35. The highest BCUT2D eigenvalue weighted by atomic mass is 15.1. The van der Waals surface area contributed by atoms with Gasteiger partial charge in [-0.15, -0.1) is 0 Å². The summed E-state index contributed by atoms with van der Waals surface area (Å²) in [6.07, 6.45) is 0. The first-order chi connectivity index (χ1) is 23.9. The molecule has 0 aliphatic heterocycles. The van der Waals surface area contributed by atoms with E-state index in [1.54, 1.807) is 0 Å². The van der Waals surface area contributed by atoms with Gasteiger partial charge in [-0.3, -0.25) is 19.6 Å². The van der Waals surface area contributed by atoms with Crippen LogP contribution in [0.15, 0.2) is 84.9 Å². The van der Waals surface area contributed by atoms with Crippen LogP contribution in [0.3, 0.4) is 0 Å². The van der Waals surface area contributed by atoms with Gasteiger partial charge in [0.05, 0.1) is 5.41 Å². The third-order valence-corrected chi connectivity index (χ3v) is 11.2. The van der Waals surface area contributed by atoms with Gasteiger partial charge in [0, 0.05) is 26.2 Å². The van der Waals surface area contributed by atoms with E-state index in [-0.39, 0.29) is 0 Å². The van der Waals surface area contributed by atoms with Crippen molar-refractivity contribution in [2.75, 3.05) is 52.4 Å². The van der Waals surface area contributed by atoms with Gasteiger partial charge in [0.1, 0.15) is 0 Å². The predicted octanol–water partition coefficient (Wildman–Crippen LogP) is 9.42. The molecule has 0 radical (unpaired) electrons. The topological polar surface area (TPSA) is 13.0 Å². The molecule has 0 atom stereocenters. The smallest absolute Gasteiger partial charge is 0.0713 e. The molecule has 1 aliphatic rings. The highest BCUT2D eigenvalue weighted by Crippen LogP contribution is 2.57. The van der Waals surface area contributed by atoms with Crippen LogP contribution in [0, 0.1) is 0 Å². The number of nitrogens with zero attached hydrogens (tertiary/aromatic N) is 4. The molecule has 262 valence electrons. The molecule has 0 saturated heterocycles. The Morgan fingerprint density at radius 2 is 0.673 bits per heavy atom. The third-order valence-electron chi connectivity index (χ3n) is 11.2. The Kier molecular flexibility index (Phi) is 12.9. The normalized spacial score (nSPS) is 13.6. The summed E-state index contributed by atoms with van der Waals surface area (Å²) in [5.74, 6) is 0. The van der Waals surface area contributed by atoms with E-state index in [9.17, 15) is 0 Å². The van der Waals surface area contributed by atoms with Gasteiger partial charge in [0.2, 0.25) is 0 Å². The second-order valence-corrected chi connectivity index (χ2v) is 13.8. The molecule has 5 rings (SSSR count). The fourth-order valence-corrected chi connectivity index (χ4v) is 8.03. The average Bonchev–Trinajstić information content (AvgIpc) is 3.43. The van der Waals surface area contributed by atoms with E-state index >= 15 is 0 Å². The Bertz CT molecular complexity index is 1520. The van der Waals surface area contributed by atoms with Crippen molar-refractivity contribution in [1.29, 1.82) is 0 Å². The Morgan fingerprint density at radius 1 is 0.367 bits per heavy atom. The molecule has 4 aromatic carbocycles. The molecule has 0 N–H and O–H groups in total. The first-order valence-corrected chi connectivity index (χ1v) is 19.2. The molecule has 49 heavy (non-hydrogen) atoms. The predicted molar refractivity (Wildman–Crippen MR) is 210 cm³/mol. The molecular formula is C45H62N4. The number of hydrogen-bond donors (Lipinski definition) is 0. The van der Waals surface area contributed by atoms with Gasteiger partial charge >= 0.3 is 0 Å². The molecule has 0 unspecified atom stereocenters. The van der Waals surface area contributed by atoms with Crippen molar-refractivity contribution in [3.05, 3.63) is 129 Å². The van der Waals surface area contributed by atoms with Crippen LogP contribution >= 0.6 is 0 Å². The lowest BCUT2D eigenvalue weighted by atomic mass is 9.66. The number of fused-ring (bicyclic) bond motifs is 3. The van der Waals surface area contributed by atoms with Crippen molar-refractivity contribution in [1.82, 2.24) is 19.6 Å². The zero-order valence-corrected chi connectivity index (χ0v) is 31.9. The lowest BCUT2D eigenvalue weighted by molar-refractivity contribution is 0.295. The average molecular weight is 659 g/mol. The Balaban J connectivity index is 1.83. The van der Waals surface area contributed by atoms with Crippen LogP contribution in [0.25, 0.3) is 11.1 Å². The van der Waals surface area contributed by atoms with Gasteiger partial charge in [-0.2, -0.15) is 0 Å². The zero-order chi connectivity index (χ0) is 35.0. The van der Waals surface area contributed by atoms with E-state index in [4.69, 9.17) is 0 Å². The molecule has 4 aromatic rings. The van der Waals surface area contributed by atoms with Crippen LogP contribution in [0.5, 0.6) is 0 Å². The molecule has 0 fully saturated rings. The zero-order valence-electron chi connectivity index (χ0n) is 31.9. The maximum atomic E-state index is 2.56. The van der Waals surface area contributed by atoms with Gasteiger partial charge in [0.25, 0.3) is 0 Å². The first-order valence-electron chi connectivity index (χ1n) is 19.2. The van der Waals surface area contributed by atoms with Crippen LogP contribution in [-0.2, 0) is 31.6 Å². The molecule has 0 bridgehead atoms. The molecule has 4 heteroatoms. The quantitative estimate of drug-likeness (QED) is 0.0930. The fourth-order valence-electron chi connectivity index (χ4n) is 8.03. The Hall–Kier alpha value is -3.28. The van der Waals surface area contributed by atoms with Gasteiger partial charge in [-0.1, -0.05) is 140 Å². The van der Waals surface area contributed by atoms with Crippen molar-refractivity contribution in [3.8, 4) is 11.1 Å². The summed E-state index contributed by atoms with van der Waals surface area (Å²) in [7, 11) is 0. The minimum atomic E-state index is -0.429. The monoisotopic (exact) mass is 658 g/mol. The number of rotatable bonds is 18. The van der Waals surface area contributed by atoms with Crippen molar-refractivity contribution < 1.29 is 0 Å². The highest BCUT2D eigenvalue weighted by molar-refractivity contribution is 5.87. The Labute approximate surface area is 298 Å². The molecular weight excluding hydrogens is 597 g/mol. The minimum absolute atomic E-state index is 0.429. The van der Waals surface area contributed by atoms with E-state index in [0.717, 1.165) is 78.5 Å². The largest absolute Gasteiger partial charge is 0.300 e. The SMILES string of the molecule is CCN(CC)Cc1cccc(C2(c3cccc(CN(CC)CC)c3)c3cc(CN(CC)CC)ccc3-c3ccc(CN(CC)CC)cc32)c1. The summed E-state index contributed by atoms with van der Waals surface area (Å²) in [5, 5.41) is 0. The van der Waals surface area contributed by atoms with Crippen molar-refractivity contribution in [2.45, 2.75) is 87.0 Å². The summed E-state index contributed by atoms with van der Waals surface area (Å²) in [6.45, 7) is 30.4. The number of benzene rings is 4. The second kappa shape index (κ2) is 17.1. The van der Waals surface area contributed by atoms with Crippen LogP contribution in [-0.4, -0.2) is 72.0 Å². The molecule has 1 aliphatic carbocycles. The van der Waals surface area contributed by atoms with E-state index in [0.29, 0.717) is 0 Å². The van der Waals surface area contributed by atoms with Gasteiger partial charge < -0.3 is 0 Å². The fraction of sp³-hybridized carbons (Fsp3) is 0.467. The number of hydrogen-bond acceptors (Lipinski definition) is 4. The summed E-state index contributed by atoms with van der Waals surface area (Å²) in [4.78, 5) is 10.1. The van der Waals surface area contributed by atoms with Crippen LogP contribution in [0.2, 0.25) is 0 Å². The molecule has 4 nitrogen and oxygen atoms in total. The summed E-state index contributed by atoms with van der Waals surface area (Å²) in [6, 6.07) is 33.9. The first kappa shape index (κ1) is 37.0. The van der Waals surface area contributed by atoms with E-state index in [1.165, 1.54) is 55.6 Å². The van der Waals surface area contributed by atoms with Crippen molar-refractivity contribution in [2.24, 2.45) is 0 Å². The van der Waals surface area contributed by atoms with Crippen molar-refractivity contribution >= 4 is 0 Å². The highest BCUT2D eigenvalue weighted by Gasteiger charge is 2.46. The van der Waals surface area contributed by atoms with Crippen LogP contribution < -0.4 is 0 Å². The maximum absolute atomic E-state index is 2.56. The summed E-state index contributed by atoms with van der Waals surface area (Å²) < 4.78 is 0. The summed E-state index contributed by atoms with van der Waals surface area (Å²) >= 11 is 0. The van der Waals surface area contributed by atoms with Crippen LogP contribution in [0.1, 0.15) is 99.9 Å². The summed E-state index contributed by atoms with van der Waals surface area (Å²) in [5.41, 5.74) is 13.5. The molecule has 0 aromatic heterocycles. The van der Waals surface area contributed by atoms with E-state index in [2.05, 4.69) is 160 Å². The molecule has 0 spiro atoms. The molecule has 0 saturated carbocycles. The maximum Gasteiger partial charge on any atom is 0.0713 e. The molecule has 0 amide bonds. The third kappa shape index (κ3) is 7.73. The van der Waals surface area contributed by atoms with E-state index < -0.39 is 5.41 Å².